The minimum atomic E-state index is 0.411. The van der Waals surface area contributed by atoms with Crippen LogP contribution >= 0.6 is 0 Å². The summed E-state index contributed by atoms with van der Waals surface area (Å²) in [5.74, 6) is 2.52. The Morgan fingerprint density at radius 2 is 2.60 bits per heavy atom. The smallest absolute Gasteiger partial charge is 0.0700 e. The lowest BCUT2D eigenvalue weighted by molar-refractivity contribution is 0.111. The minimum absolute atomic E-state index is 0.411. The van der Waals surface area contributed by atoms with Crippen molar-refractivity contribution in [3.8, 4) is 12.3 Å². The van der Waals surface area contributed by atoms with Crippen LogP contribution in [0.4, 0.5) is 0 Å². The summed E-state index contributed by atoms with van der Waals surface area (Å²) in [5, 5.41) is 3.12. The third kappa shape index (κ3) is 2.38. The first-order valence-corrected chi connectivity index (χ1v) is 3.69. The molecule has 1 aliphatic heterocycles. The maximum Gasteiger partial charge on any atom is 0.0700 e. The van der Waals surface area contributed by atoms with Gasteiger partial charge < -0.3 is 10.1 Å². The molecule has 10 heavy (non-hydrogen) atoms. The summed E-state index contributed by atoms with van der Waals surface area (Å²) in [6, 6.07) is 0. The zero-order valence-corrected chi connectivity index (χ0v) is 6.10. The van der Waals surface area contributed by atoms with Gasteiger partial charge in [-0.15, -0.1) is 6.42 Å². The molecule has 0 spiro atoms. The van der Waals surface area contributed by atoms with Crippen molar-refractivity contribution in [2.24, 2.45) is 0 Å². The largest absolute Gasteiger partial charge is 0.377 e. The van der Waals surface area contributed by atoms with Crippen LogP contribution in [-0.2, 0) is 4.74 Å². The van der Waals surface area contributed by atoms with E-state index in [0.717, 1.165) is 13.2 Å². The Kier molecular flexibility index (Phi) is 3.28. The van der Waals surface area contributed by atoms with E-state index >= 15 is 0 Å². The number of hydrogen-bond donors (Lipinski definition) is 1. The molecule has 2 nitrogen and oxygen atoms in total. The van der Waals surface area contributed by atoms with E-state index in [-0.39, 0.29) is 0 Å². The van der Waals surface area contributed by atoms with Gasteiger partial charge in [-0.2, -0.15) is 0 Å². The van der Waals surface area contributed by atoms with Gasteiger partial charge in [0.2, 0.25) is 0 Å². The van der Waals surface area contributed by atoms with Gasteiger partial charge in [0.05, 0.1) is 12.6 Å². The normalized spacial score (nSPS) is 24.5. The van der Waals surface area contributed by atoms with Crippen LogP contribution in [0, 0.1) is 12.3 Å². The van der Waals surface area contributed by atoms with Gasteiger partial charge in [0.25, 0.3) is 0 Å². The molecule has 0 bridgehead atoms. The molecule has 1 atom stereocenters. The van der Waals surface area contributed by atoms with Crippen molar-refractivity contribution in [3.63, 3.8) is 0 Å². The summed E-state index contributed by atoms with van der Waals surface area (Å²) in [4.78, 5) is 0. The molecule has 1 fully saturated rings. The van der Waals surface area contributed by atoms with Crippen molar-refractivity contribution in [1.29, 1.82) is 0 Å². The zero-order chi connectivity index (χ0) is 7.23. The minimum Gasteiger partial charge on any atom is -0.377 e. The monoisotopic (exact) mass is 139 g/mol. The highest BCUT2D eigenvalue weighted by atomic mass is 16.5. The van der Waals surface area contributed by atoms with Crippen LogP contribution in [0.3, 0.4) is 0 Å². The molecule has 0 aliphatic carbocycles. The Morgan fingerprint density at radius 3 is 3.20 bits per heavy atom. The van der Waals surface area contributed by atoms with Crippen molar-refractivity contribution in [2.75, 3.05) is 19.7 Å². The van der Waals surface area contributed by atoms with Crippen molar-refractivity contribution < 1.29 is 4.74 Å². The summed E-state index contributed by atoms with van der Waals surface area (Å²) >= 11 is 0. The van der Waals surface area contributed by atoms with Crippen molar-refractivity contribution in [1.82, 2.24) is 5.32 Å². The van der Waals surface area contributed by atoms with Gasteiger partial charge in [-0.3, -0.25) is 0 Å². The lowest BCUT2D eigenvalue weighted by atomic mass is 10.2. The highest BCUT2D eigenvalue weighted by molar-refractivity contribution is 4.87. The molecule has 1 rings (SSSR count). The Labute approximate surface area is 62.0 Å². The van der Waals surface area contributed by atoms with Crippen LogP contribution in [0.25, 0.3) is 0 Å². The summed E-state index contributed by atoms with van der Waals surface area (Å²) in [6.07, 6.45) is 7.85. The Hall–Kier alpha value is -0.520. The van der Waals surface area contributed by atoms with Gasteiger partial charge in [-0.1, -0.05) is 5.92 Å². The molecule has 1 saturated heterocycles. The van der Waals surface area contributed by atoms with Crippen molar-refractivity contribution in [3.05, 3.63) is 0 Å². The van der Waals surface area contributed by atoms with Gasteiger partial charge >= 0.3 is 0 Å². The maximum absolute atomic E-state index is 5.37. The molecular weight excluding hydrogens is 126 g/mol. The van der Waals surface area contributed by atoms with Gasteiger partial charge in [-0.25, -0.2) is 0 Å². The fourth-order valence-corrected chi connectivity index (χ4v) is 1.11. The summed E-state index contributed by atoms with van der Waals surface area (Å²) < 4.78 is 5.37. The van der Waals surface area contributed by atoms with Crippen LogP contribution in [0.1, 0.15) is 12.8 Å². The van der Waals surface area contributed by atoms with Gasteiger partial charge in [0.1, 0.15) is 0 Å². The zero-order valence-electron chi connectivity index (χ0n) is 6.10. The maximum atomic E-state index is 5.37. The van der Waals surface area contributed by atoms with Gasteiger partial charge in [0.15, 0.2) is 0 Å². The molecule has 0 amide bonds. The average Bonchev–Trinajstić information content (AvgIpc) is 2.41. The first-order chi connectivity index (χ1) is 4.93. The summed E-state index contributed by atoms with van der Waals surface area (Å²) in [6.45, 7) is 2.48. The predicted octanol–water partition coefficient (Wildman–Crippen LogP) is 0.388. The highest BCUT2D eigenvalue weighted by Crippen LogP contribution is 2.09. The van der Waals surface area contributed by atoms with Crippen LogP contribution < -0.4 is 5.32 Å². The quantitative estimate of drug-likeness (QED) is 0.451. The first kappa shape index (κ1) is 7.59. The van der Waals surface area contributed by atoms with Gasteiger partial charge in [-0.05, 0) is 12.8 Å². The second-order valence-corrected chi connectivity index (χ2v) is 2.47. The SMILES string of the molecule is C#CCNC[C@@H]1CCCO1. The molecule has 1 aliphatic rings. The summed E-state index contributed by atoms with van der Waals surface area (Å²) in [5.41, 5.74) is 0. The number of hydrogen-bond acceptors (Lipinski definition) is 2. The Morgan fingerprint density at radius 1 is 1.70 bits per heavy atom. The van der Waals surface area contributed by atoms with E-state index in [1.165, 1.54) is 12.8 Å². The third-order valence-corrected chi connectivity index (χ3v) is 1.62. The molecule has 0 aromatic rings. The second-order valence-electron chi connectivity index (χ2n) is 2.47. The Balaban J connectivity index is 1.97. The summed E-state index contributed by atoms with van der Waals surface area (Å²) in [7, 11) is 0. The first-order valence-electron chi connectivity index (χ1n) is 3.69. The number of nitrogens with one attached hydrogen (secondary N) is 1. The molecule has 0 unspecified atom stereocenters. The van der Waals surface area contributed by atoms with E-state index in [9.17, 15) is 0 Å². The molecule has 0 radical (unpaired) electrons. The highest BCUT2D eigenvalue weighted by Gasteiger charge is 2.13. The number of terminal acetylenes is 1. The van der Waals surface area contributed by atoms with Crippen LogP contribution in [-0.4, -0.2) is 25.8 Å². The van der Waals surface area contributed by atoms with Gasteiger partial charge in [0, 0.05) is 13.2 Å². The second kappa shape index (κ2) is 4.32. The molecule has 1 N–H and O–H groups in total. The average molecular weight is 139 g/mol. The molecule has 1 heterocycles. The molecule has 0 aromatic heterocycles. The van der Waals surface area contributed by atoms with E-state index < -0.39 is 0 Å². The van der Waals surface area contributed by atoms with Crippen LogP contribution in [0.5, 0.6) is 0 Å². The number of rotatable bonds is 3. The topological polar surface area (TPSA) is 21.3 Å². The Bertz CT molecular complexity index is 122. The van der Waals surface area contributed by atoms with E-state index in [1.54, 1.807) is 0 Å². The third-order valence-electron chi connectivity index (χ3n) is 1.62. The number of ether oxygens (including phenoxy) is 1. The van der Waals surface area contributed by atoms with Crippen LogP contribution in [0.15, 0.2) is 0 Å². The predicted molar refractivity (Wildman–Crippen MR) is 40.7 cm³/mol. The molecular formula is C8H13NO. The van der Waals surface area contributed by atoms with Crippen LogP contribution in [0.2, 0.25) is 0 Å². The molecule has 2 heteroatoms. The fraction of sp³-hybridized carbons (Fsp3) is 0.750. The van der Waals surface area contributed by atoms with Crippen molar-refractivity contribution >= 4 is 0 Å². The van der Waals surface area contributed by atoms with E-state index in [0.29, 0.717) is 12.6 Å². The molecule has 56 valence electrons. The standard InChI is InChI=1S/C8H13NO/c1-2-5-9-7-8-4-3-6-10-8/h1,8-9H,3-7H2/t8-/m0/s1. The van der Waals surface area contributed by atoms with E-state index in [1.807, 2.05) is 0 Å². The molecule has 0 aromatic carbocycles. The van der Waals surface area contributed by atoms with E-state index in [2.05, 4.69) is 11.2 Å². The van der Waals surface area contributed by atoms with E-state index in [4.69, 9.17) is 11.2 Å². The van der Waals surface area contributed by atoms with Crippen molar-refractivity contribution in [2.45, 2.75) is 18.9 Å². The fourth-order valence-electron chi connectivity index (χ4n) is 1.11. The molecule has 0 saturated carbocycles. The lowest BCUT2D eigenvalue weighted by Gasteiger charge is -2.07. The lowest BCUT2D eigenvalue weighted by Crippen LogP contribution is -2.26.